The normalized spacial score (nSPS) is 17.4. The molecule has 24 heavy (non-hydrogen) atoms. The number of amides is 1. The van der Waals surface area contributed by atoms with Gasteiger partial charge in [-0.3, -0.25) is 4.79 Å². The number of nitrogens with zero attached hydrogens (tertiary/aromatic N) is 1. The van der Waals surface area contributed by atoms with E-state index >= 15 is 0 Å². The molecule has 0 fully saturated rings. The van der Waals surface area contributed by atoms with Crippen molar-refractivity contribution < 1.29 is 18.3 Å². The maximum atomic E-state index is 12.8. The number of carbonyl (C=O) groups is 1. The summed E-state index contributed by atoms with van der Waals surface area (Å²) in [5.41, 5.74) is 0.810. The lowest BCUT2D eigenvalue weighted by Crippen LogP contribution is -2.41. The van der Waals surface area contributed by atoms with Crippen molar-refractivity contribution in [2.45, 2.75) is 25.1 Å². The highest BCUT2D eigenvalue weighted by Crippen LogP contribution is 2.34. The minimum atomic E-state index is -2.67. The first kappa shape index (κ1) is 18.6. The average Bonchev–Trinajstić information content (AvgIpc) is 2.53. The first-order valence-corrected chi connectivity index (χ1v) is 8.01. The van der Waals surface area contributed by atoms with E-state index in [1.54, 1.807) is 31.2 Å². The summed E-state index contributed by atoms with van der Waals surface area (Å²) in [6.07, 6.45) is -0.768. The molecule has 2 rings (SSSR count). The van der Waals surface area contributed by atoms with Gasteiger partial charge in [0.1, 0.15) is 17.7 Å². The second-order valence-electron chi connectivity index (χ2n) is 4.99. The predicted molar refractivity (Wildman–Crippen MR) is 90.3 cm³/mol. The Morgan fingerprint density at radius 2 is 2.21 bits per heavy atom. The molecular formula is C17H15Cl2F2NO2. The van der Waals surface area contributed by atoms with E-state index in [1.165, 1.54) is 0 Å². The Bertz CT molecular complexity index is 710. The first-order chi connectivity index (χ1) is 11.4. The Balaban J connectivity index is 2.30. The molecule has 1 aromatic carbocycles. The van der Waals surface area contributed by atoms with Crippen molar-refractivity contribution in [1.29, 1.82) is 0 Å². The van der Waals surface area contributed by atoms with Gasteiger partial charge in [0.15, 0.2) is 0 Å². The van der Waals surface area contributed by atoms with Gasteiger partial charge in [0, 0.05) is 11.3 Å². The van der Waals surface area contributed by atoms with E-state index in [4.69, 9.17) is 27.9 Å². The van der Waals surface area contributed by atoms with Crippen molar-refractivity contribution in [2.75, 3.05) is 13.2 Å². The zero-order chi connectivity index (χ0) is 17.7. The molecule has 0 saturated heterocycles. The van der Waals surface area contributed by atoms with E-state index in [1.807, 2.05) is 0 Å². The van der Waals surface area contributed by atoms with Crippen molar-refractivity contribution >= 4 is 34.8 Å². The number of benzene rings is 1. The van der Waals surface area contributed by atoms with Gasteiger partial charge in [-0.1, -0.05) is 23.6 Å². The lowest BCUT2D eigenvalue weighted by atomic mass is 10.0. The summed E-state index contributed by atoms with van der Waals surface area (Å²) in [7, 11) is 0. The lowest BCUT2D eigenvalue weighted by molar-refractivity contribution is -0.129. The summed E-state index contributed by atoms with van der Waals surface area (Å²) in [6, 6.07) is 4.84. The molecule has 128 valence electrons. The number of halogens is 4. The summed E-state index contributed by atoms with van der Waals surface area (Å²) < 4.78 is 31.0. The molecule has 0 bridgehead atoms. The minimum absolute atomic E-state index is 0.221. The van der Waals surface area contributed by atoms with Crippen LogP contribution in [0.5, 0.6) is 5.75 Å². The third-order valence-corrected chi connectivity index (χ3v) is 4.05. The highest BCUT2D eigenvalue weighted by molar-refractivity contribution is 6.33. The molecule has 7 heteroatoms. The zero-order valence-corrected chi connectivity index (χ0v) is 14.4. The summed E-state index contributed by atoms with van der Waals surface area (Å²) in [5, 5.41) is -0.551. The Hall–Kier alpha value is -1.77. The molecule has 0 N–H and O–H groups in total. The average molecular weight is 374 g/mol. The summed E-state index contributed by atoms with van der Waals surface area (Å²) in [4.78, 5) is 13.1. The maximum absolute atomic E-state index is 12.8. The van der Waals surface area contributed by atoms with Gasteiger partial charge in [-0.2, -0.15) is 0 Å². The van der Waals surface area contributed by atoms with Gasteiger partial charge in [0.05, 0.1) is 11.6 Å². The Morgan fingerprint density at radius 3 is 2.83 bits per heavy atom. The monoisotopic (exact) mass is 373 g/mol. The highest BCUT2D eigenvalue weighted by Gasteiger charge is 2.32. The molecule has 1 aliphatic rings. The van der Waals surface area contributed by atoms with E-state index in [2.05, 4.69) is 11.8 Å². The second kappa shape index (κ2) is 8.36. The van der Waals surface area contributed by atoms with Crippen molar-refractivity contribution in [3.05, 3.63) is 34.9 Å². The Kier molecular flexibility index (Phi) is 6.47. The van der Waals surface area contributed by atoms with E-state index in [-0.39, 0.29) is 13.0 Å². The Labute approximate surface area is 149 Å². The van der Waals surface area contributed by atoms with Gasteiger partial charge >= 0.3 is 0 Å². The summed E-state index contributed by atoms with van der Waals surface area (Å²) >= 11 is 12.1. The van der Waals surface area contributed by atoms with Crippen LogP contribution >= 0.6 is 23.2 Å². The first-order valence-electron chi connectivity index (χ1n) is 7.20. The zero-order valence-electron chi connectivity index (χ0n) is 12.9. The molecule has 0 aromatic heterocycles. The molecule has 0 saturated carbocycles. The van der Waals surface area contributed by atoms with Crippen LogP contribution in [0.4, 0.5) is 8.78 Å². The van der Waals surface area contributed by atoms with E-state index in [9.17, 15) is 13.6 Å². The fraction of sp³-hybridized carbons (Fsp3) is 0.353. The topological polar surface area (TPSA) is 29.5 Å². The van der Waals surface area contributed by atoms with Crippen LogP contribution in [0.2, 0.25) is 5.02 Å². The number of allylic oxidation sites excluding steroid dienone is 1. The van der Waals surface area contributed by atoms with Crippen LogP contribution in [0.25, 0.3) is 5.70 Å². The number of hydrogen-bond acceptors (Lipinski definition) is 2. The minimum Gasteiger partial charge on any atom is -0.481 e. The third-order valence-electron chi connectivity index (χ3n) is 3.37. The van der Waals surface area contributed by atoms with Gasteiger partial charge < -0.3 is 9.64 Å². The van der Waals surface area contributed by atoms with E-state index in [0.29, 0.717) is 22.0 Å². The van der Waals surface area contributed by atoms with Crippen molar-refractivity contribution in [3.63, 3.8) is 0 Å². The van der Waals surface area contributed by atoms with Crippen LogP contribution in [-0.4, -0.2) is 35.8 Å². The molecule has 3 nitrogen and oxygen atoms in total. The van der Waals surface area contributed by atoms with Crippen LogP contribution in [0, 0.1) is 11.8 Å². The number of carbonyl (C=O) groups excluding carboxylic acids is 1. The molecule has 1 heterocycles. The molecule has 1 aromatic rings. The van der Waals surface area contributed by atoms with Crippen molar-refractivity contribution in [1.82, 2.24) is 4.90 Å². The molecule has 0 aliphatic carbocycles. The molecule has 1 amide bonds. The smallest absolute Gasteiger partial charge is 0.256 e. The number of hydrogen-bond donors (Lipinski definition) is 0. The number of ether oxygens (including phenoxy) is 1. The standard InChI is InChI=1S/C17H15Cl2F2NO2/c1-2-3-8-24-11-4-5-12(14(19)9-11)15-7-6-13(18)17(23)22(15)10-16(20)21/h4-5,7,9,13,16H,6,8,10H2,1H3. The molecule has 1 unspecified atom stereocenters. The SMILES string of the molecule is CC#CCOc1ccc(C2=CCC(Cl)C(=O)N2CC(F)F)c(Cl)c1. The van der Waals surface area contributed by atoms with E-state index < -0.39 is 24.3 Å². The predicted octanol–water partition coefficient (Wildman–Crippen LogP) is 4.19. The summed E-state index contributed by atoms with van der Waals surface area (Å²) in [6.45, 7) is 1.20. The largest absolute Gasteiger partial charge is 0.481 e. The van der Waals surface area contributed by atoms with Gasteiger partial charge in [-0.15, -0.1) is 17.5 Å². The highest BCUT2D eigenvalue weighted by atomic mass is 35.5. The molecule has 1 atom stereocenters. The second-order valence-corrected chi connectivity index (χ2v) is 5.92. The Morgan fingerprint density at radius 1 is 1.46 bits per heavy atom. The number of rotatable bonds is 5. The van der Waals surface area contributed by atoms with Gasteiger partial charge in [0.25, 0.3) is 6.43 Å². The molecule has 0 spiro atoms. The fourth-order valence-corrected chi connectivity index (χ4v) is 2.75. The van der Waals surface area contributed by atoms with Crippen LogP contribution < -0.4 is 4.74 Å². The van der Waals surface area contributed by atoms with Crippen molar-refractivity contribution in [2.24, 2.45) is 0 Å². The lowest BCUT2D eigenvalue weighted by Gasteiger charge is -2.31. The van der Waals surface area contributed by atoms with Gasteiger partial charge in [0.2, 0.25) is 5.91 Å². The van der Waals surface area contributed by atoms with Crippen LogP contribution in [0.1, 0.15) is 18.9 Å². The van der Waals surface area contributed by atoms with Crippen molar-refractivity contribution in [3.8, 4) is 17.6 Å². The number of alkyl halides is 3. The van der Waals surface area contributed by atoms with Crippen LogP contribution in [0.15, 0.2) is 24.3 Å². The third kappa shape index (κ3) is 4.40. The van der Waals surface area contributed by atoms with Gasteiger partial charge in [-0.05, 0) is 31.5 Å². The van der Waals surface area contributed by atoms with Crippen LogP contribution in [0.3, 0.4) is 0 Å². The maximum Gasteiger partial charge on any atom is 0.256 e. The summed E-state index contributed by atoms with van der Waals surface area (Å²) in [5.74, 6) is 5.41. The quantitative estimate of drug-likeness (QED) is 0.572. The molecular weight excluding hydrogens is 359 g/mol. The van der Waals surface area contributed by atoms with Crippen LogP contribution in [-0.2, 0) is 4.79 Å². The van der Waals surface area contributed by atoms with E-state index in [0.717, 1.165) is 4.90 Å². The fourth-order valence-electron chi connectivity index (χ4n) is 2.28. The van der Waals surface area contributed by atoms with Gasteiger partial charge in [-0.25, -0.2) is 8.78 Å². The molecule has 0 radical (unpaired) electrons. The molecule has 1 aliphatic heterocycles.